The zero-order valence-electron chi connectivity index (χ0n) is 13.0. The van der Waals surface area contributed by atoms with Gasteiger partial charge in [-0.15, -0.1) is 0 Å². The zero-order valence-corrected chi connectivity index (χ0v) is 13.0. The predicted octanol–water partition coefficient (Wildman–Crippen LogP) is 4.37. The Morgan fingerprint density at radius 1 is 1.37 bits per heavy atom. The van der Waals surface area contributed by atoms with E-state index in [1.165, 1.54) is 38.5 Å². The highest BCUT2D eigenvalue weighted by atomic mass is 15.2. The molecule has 0 unspecified atom stereocenters. The second-order valence-electron chi connectivity index (χ2n) is 6.87. The maximum Gasteiger partial charge on any atom is 0.203 e. The second kappa shape index (κ2) is 5.98. The van der Waals surface area contributed by atoms with E-state index in [0.29, 0.717) is 11.5 Å². The Morgan fingerprint density at radius 2 is 2.11 bits per heavy atom. The predicted molar refractivity (Wildman–Crippen MR) is 81.5 cm³/mol. The van der Waals surface area contributed by atoms with Crippen LogP contribution in [-0.4, -0.2) is 15.6 Å². The van der Waals surface area contributed by atoms with Crippen LogP contribution in [0.3, 0.4) is 0 Å². The van der Waals surface area contributed by atoms with Crippen molar-refractivity contribution in [3.63, 3.8) is 0 Å². The molecule has 19 heavy (non-hydrogen) atoms. The van der Waals surface area contributed by atoms with Gasteiger partial charge in [0, 0.05) is 18.8 Å². The van der Waals surface area contributed by atoms with E-state index in [0.717, 1.165) is 18.2 Å². The fourth-order valence-corrected chi connectivity index (χ4v) is 2.59. The van der Waals surface area contributed by atoms with Crippen molar-refractivity contribution in [2.45, 2.75) is 78.8 Å². The van der Waals surface area contributed by atoms with Gasteiger partial charge in [-0.1, -0.05) is 40.0 Å². The first-order chi connectivity index (χ1) is 9.00. The fourth-order valence-electron chi connectivity index (χ4n) is 2.59. The van der Waals surface area contributed by atoms with Gasteiger partial charge in [0.05, 0.1) is 5.69 Å². The summed E-state index contributed by atoms with van der Waals surface area (Å²) < 4.78 is 2.32. The molecule has 1 aromatic heterocycles. The molecule has 1 heterocycles. The smallest absolute Gasteiger partial charge is 0.203 e. The van der Waals surface area contributed by atoms with Gasteiger partial charge >= 0.3 is 0 Å². The van der Waals surface area contributed by atoms with Crippen LogP contribution in [0, 0.1) is 12.3 Å². The van der Waals surface area contributed by atoms with Crippen molar-refractivity contribution in [3.05, 3.63) is 11.9 Å². The minimum absolute atomic E-state index is 0.349. The van der Waals surface area contributed by atoms with E-state index in [9.17, 15) is 0 Å². The summed E-state index contributed by atoms with van der Waals surface area (Å²) in [6.45, 7) is 10.2. The minimum atomic E-state index is 0.349. The Labute approximate surface area is 117 Å². The third-order valence-electron chi connectivity index (χ3n) is 3.86. The third kappa shape index (κ3) is 4.55. The highest BCUT2D eigenvalue weighted by Crippen LogP contribution is 2.29. The molecule has 0 atom stereocenters. The topological polar surface area (TPSA) is 29.9 Å². The molecule has 1 fully saturated rings. The summed E-state index contributed by atoms with van der Waals surface area (Å²) in [5.41, 5.74) is 1.47. The average Bonchev–Trinajstić information content (AvgIpc) is 3.05. The van der Waals surface area contributed by atoms with Crippen molar-refractivity contribution in [3.8, 4) is 0 Å². The van der Waals surface area contributed by atoms with Gasteiger partial charge in [-0.2, -0.15) is 0 Å². The molecular weight excluding hydrogens is 234 g/mol. The number of anilines is 1. The number of nitrogens with one attached hydrogen (secondary N) is 1. The molecule has 0 radical (unpaired) electrons. The monoisotopic (exact) mass is 263 g/mol. The van der Waals surface area contributed by atoms with E-state index in [4.69, 9.17) is 0 Å². The number of aromatic nitrogens is 2. The summed E-state index contributed by atoms with van der Waals surface area (Å²) in [4.78, 5) is 4.62. The highest BCUT2D eigenvalue weighted by molar-refractivity contribution is 5.32. The summed E-state index contributed by atoms with van der Waals surface area (Å²) in [5.74, 6) is 1.07. The van der Waals surface area contributed by atoms with Crippen LogP contribution in [0.4, 0.5) is 5.95 Å². The summed E-state index contributed by atoms with van der Waals surface area (Å²) >= 11 is 0. The number of imidazole rings is 1. The van der Waals surface area contributed by atoms with Crippen LogP contribution in [-0.2, 0) is 6.54 Å². The van der Waals surface area contributed by atoms with Crippen molar-refractivity contribution in [1.29, 1.82) is 0 Å². The molecule has 1 aliphatic carbocycles. The van der Waals surface area contributed by atoms with E-state index in [2.05, 4.69) is 48.8 Å². The molecule has 0 spiro atoms. The van der Waals surface area contributed by atoms with Gasteiger partial charge in [0.15, 0.2) is 0 Å². The van der Waals surface area contributed by atoms with Gasteiger partial charge < -0.3 is 9.88 Å². The molecule has 0 aliphatic heterocycles. The zero-order chi connectivity index (χ0) is 13.9. The number of rotatable bonds is 8. The van der Waals surface area contributed by atoms with Crippen LogP contribution in [0.1, 0.15) is 65.0 Å². The highest BCUT2D eigenvalue weighted by Gasteiger charge is 2.25. The number of hydrogen-bond donors (Lipinski definition) is 1. The Kier molecular flexibility index (Phi) is 4.54. The summed E-state index contributed by atoms with van der Waals surface area (Å²) in [5, 5.41) is 3.55. The lowest BCUT2D eigenvalue weighted by atomic mass is 9.87. The molecule has 0 amide bonds. The van der Waals surface area contributed by atoms with Gasteiger partial charge in [-0.25, -0.2) is 4.98 Å². The van der Waals surface area contributed by atoms with Crippen molar-refractivity contribution < 1.29 is 0 Å². The van der Waals surface area contributed by atoms with Crippen molar-refractivity contribution in [2.75, 3.05) is 5.32 Å². The van der Waals surface area contributed by atoms with Crippen LogP contribution in [0.25, 0.3) is 0 Å². The Bertz CT molecular complexity index is 402. The first kappa shape index (κ1) is 14.4. The summed E-state index contributed by atoms with van der Waals surface area (Å²) in [6, 6.07) is 0.670. The fraction of sp³-hybridized carbons (Fsp3) is 0.812. The summed E-state index contributed by atoms with van der Waals surface area (Å²) in [6.07, 6.45) is 10.1. The van der Waals surface area contributed by atoms with E-state index in [1.807, 2.05) is 0 Å². The van der Waals surface area contributed by atoms with Crippen LogP contribution >= 0.6 is 0 Å². The first-order valence-electron chi connectivity index (χ1n) is 7.80. The molecule has 3 heteroatoms. The lowest BCUT2D eigenvalue weighted by Crippen LogP contribution is -2.21. The SMILES string of the molecule is CCCCCC(C)(C)Cn1cc(C)nc1NC1CC1. The maximum atomic E-state index is 4.62. The lowest BCUT2D eigenvalue weighted by molar-refractivity contribution is 0.273. The van der Waals surface area contributed by atoms with Gasteiger partial charge in [0.25, 0.3) is 0 Å². The van der Waals surface area contributed by atoms with Crippen molar-refractivity contribution >= 4 is 5.95 Å². The molecule has 3 nitrogen and oxygen atoms in total. The number of hydrogen-bond acceptors (Lipinski definition) is 2. The summed E-state index contributed by atoms with van der Waals surface area (Å²) in [7, 11) is 0. The van der Waals surface area contributed by atoms with Gasteiger partial charge in [0.2, 0.25) is 5.95 Å². The van der Waals surface area contributed by atoms with Gasteiger partial charge in [0.1, 0.15) is 0 Å². The van der Waals surface area contributed by atoms with Gasteiger partial charge in [-0.05, 0) is 31.6 Å². The normalized spacial score (nSPS) is 15.8. The third-order valence-corrected chi connectivity index (χ3v) is 3.86. The van der Waals surface area contributed by atoms with Crippen LogP contribution in [0.5, 0.6) is 0 Å². The lowest BCUT2D eigenvalue weighted by Gasteiger charge is -2.26. The van der Waals surface area contributed by atoms with Crippen molar-refractivity contribution in [1.82, 2.24) is 9.55 Å². The Hall–Kier alpha value is -0.990. The van der Waals surface area contributed by atoms with Crippen LogP contribution < -0.4 is 5.32 Å². The van der Waals surface area contributed by atoms with Crippen LogP contribution in [0.2, 0.25) is 0 Å². The molecule has 0 bridgehead atoms. The molecule has 108 valence electrons. The van der Waals surface area contributed by atoms with Gasteiger partial charge in [-0.3, -0.25) is 0 Å². The largest absolute Gasteiger partial charge is 0.353 e. The maximum absolute atomic E-state index is 4.62. The Balaban J connectivity index is 1.96. The van der Waals surface area contributed by atoms with E-state index >= 15 is 0 Å². The van der Waals surface area contributed by atoms with E-state index in [-0.39, 0.29) is 0 Å². The number of aryl methyl sites for hydroxylation is 1. The molecule has 1 aliphatic rings. The second-order valence-corrected chi connectivity index (χ2v) is 6.87. The quantitative estimate of drug-likeness (QED) is 0.706. The molecule has 1 N–H and O–H groups in total. The van der Waals surface area contributed by atoms with E-state index < -0.39 is 0 Å². The van der Waals surface area contributed by atoms with Crippen molar-refractivity contribution in [2.24, 2.45) is 5.41 Å². The number of unbranched alkanes of at least 4 members (excludes halogenated alkanes) is 2. The number of nitrogens with zero attached hydrogens (tertiary/aromatic N) is 2. The molecule has 2 rings (SSSR count). The average molecular weight is 263 g/mol. The standard InChI is InChI=1S/C16H29N3/c1-5-6-7-10-16(3,4)12-19-11-13(2)17-15(19)18-14-8-9-14/h11,14H,5-10,12H2,1-4H3,(H,17,18). The molecule has 1 saturated carbocycles. The molecule has 0 saturated heterocycles. The first-order valence-corrected chi connectivity index (χ1v) is 7.80. The molecule has 0 aromatic carbocycles. The minimum Gasteiger partial charge on any atom is -0.353 e. The molecule has 1 aromatic rings. The molecular formula is C16H29N3. The van der Waals surface area contributed by atoms with E-state index in [1.54, 1.807) is 0 Å². The Morgan fingerprint density at radius 3 is 2.74 bits per heavy atom. The van der Waals surface area contributed by atoms with Crippen LogP contribution in [0.15, 0.2) is 6.20 Å².